The van der Waals surface area contributed by atoms with Crippen molar-refractivity contribution in [3.05, 3.63) is 45.6 Å². The third kappa shape index (κ3) is 3.05. The molecule has 0 spiro atoms. The molecule has 0 aliphatic carbocycles. The predicted octanol–water partition coefficient (Wildman–Crippen LogP) is 3.04. The van der Waals surface area contributed by atoms with Crippen molar-refractivity contribution < 1.29 is 5.11 Å². The highest BCUT2D eigenvalue weighted by molar-refractivity contribution is 5.76. The van der Waals surface area contributed by atoms with Crippen molar-refractivity contribution in [2.45, 2.75) is 46.7 Å². The lowest BCUT2D eigenvalue weighted by Crippen LogP contribution is -2.31. The number of fused-ring (bicyclic) bond motifs is 1. The second-order valence-corrected chi connectivity index (χ2v) is 6.67. The molecule has 1 unspecified atom stereocenters. The highest BCUT2D eigenvalue weighted by atomic mass is 16.3. The topological polar surface area (TPSA) is 85.0 Å². The van der Waals surface area contributed by atoms with Gasteiger partial charge in [-0.15, -0.1) is 0 Å². The molecule has 138 valence electrons. The fourth-order valence-electron chi connectivity index (χ4n) is 3.31. The molecule has 0 saturated heterocycles. The summed E-state index contributed by atoms with van der Waals surface area (Å²) in [4.78, 5) is 17.8. The molecule has 0 aliphatic heterocycles. The summed E-state index contributed by atoms with van der Waals surface area (Å²) in [5.74, 6) is 0.890. The first-order chi connectivity index (χ1) is 12.3. The summed E-state index contributed by atoms with van der Waals surface area (Å²) in [6, 6.07) is 5.27. The molecule has 2 N–H and O–H groups in total. The van der Waals surface area contributed by atoms with Gasteiger partial charge in [-0.2, -0.15) is 5.10 Å². The summed E-state index contributed by atoms with van der Waals surface area (Å²) in [7, 11) is 1.78. The van der Waals surface area contributed by atoms with E-state index in [1.165, 1.54) is 0 Å². The van der Waals surface area contributed by atoms with E-state index in [1.807, 2.05) is 26.8 Å². The van der Waals surface area contributed by atoms with Crippen LogP contribution in [0.3, 0.4) is 0 Å². The Balaban J connectivity index is 2.05. The van der Waals surface area contributed by atoms with Crippen LogP contribution in [0.25, 0.3) is 11.0 Å². The van der Waals surface area contributed by atoms with Gasteiger partial charge in [0.1, 0.15) is 23.3 Å². The number of phenols is 1. The van der Waals surface area contributed by atoms with Crippen molar-refractivity contribution in [1.29, 1.82) is 0 Å². The minimum atomic E-state index is -0.298. The normalized spacial score (nSPS) is 12.5. The lowest BCUT2D eigenvalue weighted by atomic mass is 10.2. The van der Waals surface area contributed by atoms with Crippen molar-refractivity contribution in [2.75, 3.05) is 5.32 Å². The molecular weight excluding hydrogens is 330 g/mol. The van der Waals surface area contributed by atoms with E-state index < -0.39 is 0 Å². The summed E-state index contributed by atoms with van der Waals surface area (Å²) >= 11 is 0. The van der Waals surface area contributed by atoms with E-state index in [0.717, 1.165) is 29.8 Å². The molecule has 0 aliphatic rings. The third-order valence-electron chi connectivity index (χ3n) is 4.58. The van der Waals surface area contributed by atoms with Gasteiger partial charge in [-0.05, 0) is 51.0 Å². The van der Waals surface area contributed by atoms with E-state index in [0.29, 0.717) is 16.9 Å². The largest absolute Gasteiger partial charge is 0.508 e. The fraction of sp³-hybridized carbons (Fsp3) is 0.421. The quantitative estimate of drug-likeness (QED) is 0.687. The van der Waals surface area contributed by atoms with Crippen molar-refractivity contribution in [2.24, 2.45) is 7.05 Å². The van der Waals surface area contributed by atoms with E-state index >= 15 is 0 Å². The maximum absolute atomic E-state index is 13.1. The average Bonchev–Trinajstić information content (AvgIpc) is 2.87. The summed E-state index contributed by atoms with van der Waals surface area (Å²) < 4.78 is 3.27. The summed E-state index contributed by atoms with van der Waals surface area (Å²) in [5.41, 5.74) is 3.58. The lowest BCUT2D eigenvalue weighted by molar-refractivity contribution is 0.471. The van der Waals surface area contributed by atoms with E-state index in [4.69, 9.17) is 0 Å². The zero-order chi connectivity index (χ0) is 19.0. The zero-order valence-electron chi connectivity index (χ0n) is 15.9. The highest BCUT2D eigenvalue weighted by Gasteiger charge is 2.19. The number of aryl methyl sites for hydroxylation is 4. The smallest absolute Gasteiger partial charge is 0.281 e. The minimum absolute atomic E-state index is 0.111. The second kappa shape index (κ2) is 6.82. The predicted molar refractivity (Wildman–Crippen MR) is 103 cm³/mol. The Morgan fingerprint density at radius 2 is 2.04 bits per heavy atom. The number of hydrogen-bond donors (Lipinski definition) is 2. The van der Waals surface area contributed by atoms with Crippen LogP contribution < -0.4 is 10.9 Å². The van der Waals surface area contributed by atoms with Crippen LogP contribution in [0.1, 0.15) is 43.5 Å². The second-order valence-electron chi connectivity index (χ2n) is 6.67. The van der Waals surface area contributed by atoms with Gasteiger partial charge < -0.3 is 10.4 Å². The van der Waals surface area contributed by atoms with Gasteiger partial charge in [0.2, 0.25) is 0 Å². The summed E-state index contributed by atoms with van der Waals surface area (Å²) in [6.07, 6.45) is 1.45. The number of benzene rings is 1. The van der Waals surface area contributed by atoms with Gasteiger partial charge in [-0.1, -0.05) is 13.3 Å². The van der Waals surface area contributed by atoms with Gasteiger partial charge in [0.05, 0.1) is 5.69 Å². The molecule has 3 aromatic rings. The number of rotatable bonds is 5. The molecule has 2 aromatic heterocycles. The molecule has 0 amide bonds. The van der Waals surface area contributed by atoms with Gasteiger partial charge in [0, 0.05) is 12.7 Å². The van der Waals surface area contributed by atoms with Crippen LogP contribution in [0, 0.1) is 13.8 Å². The first-order valence-corrected chi connectivity index (χ1v) is 8.84. The Morgan fingerprint density at radius 3 is 2.69 bits per heavy atom. The Hall–Kier alpha value is -2.83. The highest BCUT2D eigenvalue weighted by Crippen LogP contribution is 2.23. The number of aromatic hydroxyl groups is 1. The van der Waals surface area contributed by atoms with Crippen LogP contribution in [0.4, 0.5) is 5.69 Å². The number of phenolic OH excluding ortho intramolecular Hbond substituents is 1. The number of aromatic nitrogens is 4. The van der Waals surface area contributed by atoms with Crippen LogP contribution in [-0.4, -0.2) is 24.4 Å². The number of hydrogen-bond acceptors (Lipinski definition) is 5. The van der Waals surface area contributed by atoms with Crippen molar-refractivity contribution in [3.8, 4) is 5.75 Å². The van der Waals surface area contributed by atoms with Gasteiger partial charge in [0.25, 0.3) is 5.56 Å². The Kier molecular flexibility index (Phi) is 4.71. The number of nitrogens with one attached hydrogen (secondary N) is 1. The van der Waals surface area contributed by atoms with Crippen molar-refractivity contribution in [3.63, 3.8) is 0 Å². The van der Waals surface area contributed by atoms with Crippen LogP contribution in [0.2, 0.25) is 0 Å². The molecule has 0 saturated carbocycles. The van der Waals surface area contributed by atoms with Crippen LogP contribution in [0.15, 0.2) is 23.0 Å². The van der Waals surface area contributed by atoms with E-state index in [1.54, 1.807) is 28.4 Å². The van der Waals surface area contributed by atoms with Crippen LogP contribution >= 0.6 is 0 Å². The maximum atomic E-state index is 13.1. The van der Waals surface area contributed by atoms with Crippen LogP contribution in [0.5, 0.6) is 5.75 Å². The summed E-state index contributed by atoms with van der Waals surface area (Å²) in [5, 5.41) is 17.5. The van der Waals surface area contributed by atoms with Gasteiger partial charge in [-0.3, -0.25) is 14.0 Å². The monoisotopic (exact) mass is 355 g/mol. The first kappa shape index (κ1) is 18.0. The lowest BCUT2D eigenvalue weighted by Gasteiger charge is -2.20. The SMILES string of the molecule is CCCc1nn(C)c2c(=O)n(C(C)Nc3ccc(O)c(C)c3)c(C)nc12. The molecule has 26 heavy (non-hydrogen) atoms. The molecule has 1 atom stereocenters. The molecule has 7 nitrogen and oxygen atoms in total. The summed E-state index contributed by atoms with van der Waals surface area (Å²) in [6.45, 7) is 7.67. The van der Waals surface area contributed by atoms with Gasteiger partial charge in [-0.25, -0.2) is 4.98 Å². The van der Waals surface area contributed by atoms with E-state index in [-0.39, 0.29) is 17.5 Å². The molecule has 3 rings (SSSR count). The Morgan fingerprint density at radius 1 is 1.31 bits per heavy atom. The van der Waals surface area contributed by atoms with Crippen LogP contribution in [-0.2, 0) is 13.5 Å². The third-order valence-corrected chi connectivity index (χ3v) is 4.58. The van der Waals surface area contributed by atoms with Gasteiger partial charge in [0.15, 0.2) is 5.52 Å². The zero-order valence-corrected chi connectivity index (χ0v) is 15.9. The molecule has 0 radical (unpaired) electrons. The van der Waals surface area contributed by atoms with E-state index in [2.05, 4.69) is 22.3 Å². The first-order valence-electron chi connectivity index (χ1n) is 8.84. The Bertz CT molecular complexity index is 1020. The molecule has 2 heterocycles. The van der Waals surface area contributed by atoms with E-state index in [9.17, 15) is 9.90 Å². The molecule has 0 fully saturated rings. The molecular formula is C19H25N5O2. The molecule has 7 heteroatoms. The van der Waals surface area contributed by atoms with Crippen molar-refractivity contribution >= 4 is 16.7 Å². The standard InChI is InChI=1S/C19H25N5O2/c1-6-7-15-17-18(23(5)22-15)19(26)24(13(4)21-17)12(3)20-14-8-9-16(25)11(2)10-14/h8-10,12,20,25H,6-7H2,1-5H3. The Labute approximate surface area is 152 Å². The molecule has 1 aromatic carbocycles. The maximum Gasteiger partial charge on any atom is 0.281 e. The fourth-order valence-corrected chi connectivity index (χ4v) is 3.31. The molecule has 0 bridgehead atoms. The number of nitrogens with zero attached hydrogens (tertiary/aromatic N) is 4. The van der Waals surface area contributed by atoms with Gasteiger partial charge >= 0.3 is 0 Å². The number of anilines is 1. The average molecular weight is 355 g/mol. The van der Waals surface area contributed by atoms with Crippen molar-refractivity contribution in [1.82, 2.24) is 19.3 Å². The minimum Gasteiger partial charge on any atom is -0.508 e.